The number of aryl methyl sites for hydroxylation is 1. The van der Waals surface area contributed by atoms with E-state index in [2.05, 4.69) is 0 Å². The predicted molar refractivity (Wildman–Crippen MR) is 55.3 cm³/mol. The minimum absolute atomic E-state index is 0.329. The highest BCUT2D eigenvalue weighted by Gasteiger charge is 2.22. The molecule has 1 atom stereocenters. The molecule has 15 heavy (non-hydrogen) atoms. The predicted octanol–water partition coefficient (Wildman–Crippen LogP) is 1.83. The second-order valence-electron chi connectivity index (χ2n) is 4.10. The van der Waals surface area contributed by atoms with Gasteiger partial charge in [-0.25, -0.2) is 0 Å². The first kappa shape index (κ1) is 9.04. The molecule has 0 bridgehead atoms. The number of hydrogen-bond donors (Lipinski definition) is 1. The summed E-state index contributed by atoms with van der Waals surface area (Å²) in [7, 11) is 0. The fourth-order valence-electron chi connectivity index (χ4n) is 2.31. The minimum Gasteiger partial charge on any atom is -0.486 e. The van der Waals surface area contributed by atoms with Gasteiger partial charge in [-0.1, -0.05) is 0 Å². The highest BCUT2D eigenvalue weighted by molar-refractivity contribution is 5.49. The smallest absolute Gasteiger partial charge is 0.161 e. The fraction of sp³-hybridized carbons (Fsp3) is 0.500. The summed E-state index contributed by atoms with van der Waals surface area (Å²) < 4.78 is 11.0. The summed E-state index contributed by atoms with van der Waals surface area (Å²) >= 11 is 0. The monoisotopic (exact) mass is 206 g/mol. The van der Waals surface area contributed by atoms with Gasteiger partial charge in [-0.2, -0.15) is 0 Å². The number of aliphatic hydroxyl groups is 1. The molecule has 1 aromatic carbocycles. The summed E-state index contributed by atoms with van der Waals surface area (Å²) in [5, 5.41) is 9.87. The topological polar surface area (TPSA) is 38.7 Å². The first-order chi connectivity index (χ1) is 7.34. The lowest BCUT2D eigenvalue weighted by Gasteiger charge is -2.25. The van der Waals surface area contributed by atoms with E-state index in [4.69, 9.17) is 9.47 Å². The van der Waals surface area contributed by atoms with Crippen LogP contribution in [-0.2, 0) is 6.42 Å². The van der Waals surface area contributed by atoms with E-state index in [-0.39, 0.29) is 6.10 Å². The molecule has 0 spiro atoms. The molecule has 3 rings (SSSR count). The summed E-state index contributed by atoms with van der Waals surface area (Å²) in [6.07, 6.45) is 2.60. The molecule has 0 saturated heterocycles. The zero-order chi connectivity index (χ0) is 10.3. The molecular weight excluding hydrogens is 192 g/mol. The standard InChI is InChI=1S/C12H14O3/c13-10-3-1-2-8-6-11-12(7-9(8)10)15-5-4-14-11/h6-7,10,13H,1-5H2/t10-/m1/s1. The molecule has 0 saturated carbocycles. The van der Waals surface area contributed by atoms with Crippen LogP contribution in [0.3, 0.4) is 0 Å². The highest BCUT2D eigenvalue weighted by atomic mass is 16.6. The molecule has 1 N–H and O–H groups in total. The van der Waals surface area contributed by atoms with E-state index >= 15 is 0 Å². The van der Waals surface area contributed by atoms with E-state index in [1.54, 1.807) is 0 Å². The van der Waals surface area contributed by atoms with Crippen molar-refractivity contribution in [2.24, 2.45) is 0 Å². The summed E-state index contributed by atoms with van der Waals surface area (Å²) in [4.78, 5) is 0. The molecular formula is C12H14O3. The van der Waals surface area contributed by atoms with Gasteiger partial charge in [-0.15, -0.1) is 0 Å². The van der Waals surface area contributed by atoms with E-state index in [9.17, 15) is 5.11 Å². The molecule has 0 aromatic heterocycles. The van der Waals surface area contributed by atoms with Gasteiger partial charge in [-0.3, -0.25) is 0 Å². The Morgan fingerprint density at radius 2 is 1.87 bits per heavy atom. The third kappa shape index (κ3) is 1.47. The Labute approximate surface area is 88.6 Å². The second kappa shape index (κ2) is 3.42. The third-order valence-electron chi connectivity index (χ3n) is 3.09. The van der Waals surface area contributed by atoms with Crippen LogP contribution in [0, 0.1) is 0 Å². The van der Waals surface area contributed by atoms with Crippen LogP contribution < -0.4 is 9.47 Å². The molecule has 2 aliphatic rings. The van der Waals surface area contributed by atoms with E-state index in [0.29, 0.717) is 13.2 Å². The maximum Gasteiger partial charge on any atom is 0.161 e. The zero-order valence-corrected chi connectivity index (χ0v) is 8.53. The van der Waals surface area contributed by atoms with Gasteiger partial charge < -0.3 is 14.6 Å². The van der Waals surface area contributed by atoms with Crippen molar-refractivity contribution in [3.05, 3.63) is 23.3 Å². The third-order valence-corrected chi connectivity index (χ3v) is 3.09. The van der Waals surface area contributed by atoms with Gasteiger partial charge in [0.05, 0.1) is 6.10 Å². The second-order valence-corrected chi connectivity index (χ2v) is 4.10. The quantitative estimate of drug-likeness (QED) is 0.703. The Hall–Kier alpha value is -1.22. The lowest BCUT2D eigenvalue weighted by molar-refractivity contribution is 0.150. The van der Waals surface area contributed by atoms with Gasteiger partial charge in [0, 0.05) is 0 Å². The normalized spacial score (nSPS) is 23.4. The van der Waals surface area contributed by atoms with Crippen LogP contribution in [0.5, 0.6) is 11.5 Å². The number of aliphatic hydroxyl groups excluding tert-OH is 1. The molecule has 1 aromatic rings. The van der Waals surface area contributed by atoms with E-state index in [1.165, 1.54) is 5.56 Å². The maximum atomic E-state index is 9.87. The summed E-state index contributed by atoms with van der Waals surface area (Å²) in [6.45, 7) is 1.22. The zero-order valence-electron chi connectivity index (χ0n) is 8.53. The van der Waals surface area contributed by atoms with Crippen molar-refractivity contribution >= 4 is 0 Å². The fourth-order valence-corrected chi connectivity index (χ4v) is 2.31. The molecule has 80 valence electrons. The van der Waals surface area contributed by atoms with Gasteiger partial charge in [0.2, 0.25) is 0 Å². The van der Waals surface area contributed by atoms with Crippen LogP contribution in [0.1, 0.15) is 30.1 Å². The first-order valence-electron chi connectivity index (χ1n) is 5.45. The van der Waals surface area contributed by atoms with Gasteiger partial charge >= 0.3 is 0 Å². The molecule has 0 amide bonds. The minimum atomic E-state index is -0.329. The van der Waals surface area contributed by atoms with Gasteiger partial charge in [0.25, 0.3) is 0 Å². The molecule has 1 heterocycles. The van der Waals surface area contributed by atoms with Crippen LogP contribution in [0.25, 0.3) is 0 Å². The van der Waals surface area contributed by atoms with E-state index in [1.807, 2.05) is 12.1 Å². The number of benzene rings is 1. The number of ether oxygens (including phenoxy) is 2. The SMILES string of the molecule is O[C@@H]1CCCc2cc3c(cc21)OCCO3. The van der Waals surface area contributed by atoms with Crippen molar-refractivity contribution in [3.63, 3.8) is 0 Å². The van der Waals surface area contributed by atoms with Gasteiger partial charge in [0.1, 0.15) is 13.2 Å². The van der Waals surface area contributed by atoms with Crippen molar-refractivity contribution in [1.82, 2.24) is 0 Å². The lowest BCUT2D eigenvalue weighted by Crippen LogP contribution is -2.17. The van der Waals surface area contributed by atoms with Gasteiger partial charge in [-0.05, 0) is 42.5 Å². The summed E-state index contributed by atoms with van der Waals surface area (Å²) in [6, 6.07) is 3.96. The molecule has 0 fully saturated rings. The van der Waals surface area contributed by atoms with Crippen molar-refractivity contribution in [3.8, 4) is 11.5 Å². The largest absolute Gasteiger partial charge is 0.486 e. The number of hydrogen-bond acceptors (Lipinski definition) is 3. The Morgan fingerprint density at radius 3 is 2.67 bits per heavy atom. The van der Waals surface area contributed by atoms with Crippen molar-refractivity contribution in [2.45, 2.75) is 25.4 Å². The van der Waals surface area contributed by atoms with Crippen LogP contribution in [0.2, 0.25) is 0 Å². The Morgan fingerprint density at radius 1 is 1.13 bits per heavy atom. The Balaban J connectivity index is 2.08. The lowest BCUT2D eigenvalue weighted by atomic mass is 9.89. The first-order valence-corrected chi connectivity index (χ1v) is 5.45. The Kier molecular flexibility index (Phi) is 2.06. The van der Waals surface area contributed by atoms with Crippen LogP contribution in [0.4, 0.5) is 0 Å². The summed E-state index contributed by atoms with van der Waals surface area (Å²) in [5.74, 6) is 1.61. The molecule has 3 nitrogen and oxygen atoms in total. The van der Waals surface area contributed by atoms with Crippen molar-refractivity contribution in [1.29, 1.82) is 0 Å². The maximum absolute atomic E-state index is 9.87. The summed E-state index contributed by atoms with van der Waals surface area (Å²) in [5.41, 5.74) is 2.23. The Bertz CT molecular complexity index is 387. The van der Waals surface area contributed by atoms with Crippen molar-refractivity contribution in [2.75, 3.05) is 13.2 Å². The van der Waals surface area contributed by atoms with Crippen molar-refractivity contribution < 1.29 is 14.6 Å². The molecule has 0 radical (unpaired) electrons. The van der Waals surface area contributed by atoms with Crippen LogP contribution in [0.15, 0.2) is 12.1 Å². The highest BCUT2D eigenvalue weighted by Crippen LogP contribution is 2.39. The van der Waals surface area contributed by atoms with Crippen LogP contribution >= 0.6 is 0 Å². The van der Waals surface area contributed by atoms with Crippen LogP contribution in [-0.4, -0.2) is 18.3 Å². The molecule has 1 aliphatic carbocycles. The number of fused-ring (bicyclic) bond motifs is 2. The molecule has 1 aliphatic heterocycles. The molecule has 3 heteroatoms. The average molecular weight is 206 g/mol. The van der Waals surface area contributed by atoms with Gasteiger partial charge in [0.15, 0.2) is 11.5 Å². The van der Waals surface area contributed by atoms with E-state index < -0.39 is 0 Å². The number of rotatable bonds is 0. The average Bonchev–Trinajstić information content (AvgIpc) is 2.27. The molecule has 0 unspecified atom stereocenters. The van der Waals surface area contributed by atoms with E-state index in [0.717, 1.165) is 36.3 Å².